The molecular formula is C17H17N3O3. The fourth-order valence-corrected chi connectivity index (χ4v) is 2.45. The number of methoxy groups -OCH3 is 3. The molecule has 0 saturated heterocycles. The minimum atomic E-state index is 0.545. The van der Waals surface area contributed by atoms with E-state index in [0.29, 0.717) is 17.2 Å². The zero-order chi connectivity index (χ0) is 16.2. The summed E-state index contributed by atoms with van der Waals surface area (Å²) in [6.07, 6.45) is 0. The summed E-state index contributed by atoms with van der Waals surface area (Å²) >= 11 is 0. The maximum atomic E-state index is 5.40. The zero-order valence-corrected chi connectivity index (χ0v) is 13.2. The van der Waals surface area contributed by atoms with Gasteiger partial charge in [-0.05, 0) is 12.1 Å². The first-order valence-corrected chi connectivity index (χ1v) is 7.05. The van der Waals surface area contributed by atoms with Gasteiger partial charge in [0, 0.05) is 11.1 Å². The summed E-state index contributed by atoms with van der Waals surface area (Å²) in [5.74, 6) is 1.69. The third-order valence-electron chi connectivity index (χ3n) is 3.53. The van der Waals surface area contributed by atoms with Crippen LogP contribution in [0.3, 0.4) is 0 Å². The van der Waals surface area contributed by atoms with Gasteiger partial charge in [-0.1, -0.05) is 30.3 Å². The number of aromatic amines is 1. The van der Waals surface area contributed by atoms with E-state index in [1.165, 1.54) is 0 Å². The van der Waals surface area contributed by atoms with Crippen LogP contribution in [0.15, 0.2) is 42.5 Å². The maximum Gasteiger partial charge on any atom is 0.203 e. The number of benzene rings is 2. The van der Waals surface area contributed by atoms with Gasteiger partial charge >= 0.3 is 0 Å². The number of nitrogens with zero attached hydrogens (tertiary/aromatic N) is 2. The smallest absolute Gasteiger partial charge is 0.203 e. The summed E-state index contributed by atoms with van der Waals surface area (Å²) in [7, 11) is 4.75. The lowest BCUT2D eigenvalue weighted by Crippen LogP contribution is -1.96. The summed E-state index contributed by atoms with van der Waals surface area (Å²) in [5, 5.41) is 11.2. The van der Waals surface area contributed by atoms with Gasteiger partial charge in [0.2, 0.25) is 5.75 Å². The Kier molecular flexibility index (Phi) is 4.14. The first-order valence-electron chi connectivity index (χ1n) is 7.05. The topological polar surface area (TPSA) is 69.3 Å². The molecule has 0 bridgehead atoms. The highest BCUT2D eigenvalue weighted by Gasteiger charge is 2.18. The first-order chi connectivity index (χ1) is 11.3. The molecule has 1 heterocycles. The monoisotopic (exact) mass is 311 g/mol. The lowest BCUT2D eigenvalue weighted by atomic mass is 10.0. The molecular weight excluding hydrogens is 294 g/mol. The lowest BCUT2D eigenvalue weighted by molar-refractivity contribution is 0.324. The molecule has 0 saturated carbocycles. The molecule has 0 aliphatic heterocycles. The predicted molar refractivity (Wildman–Crippen MR) is 86.9 cm³/mol. The van der Waals surface area contributed by atoms with Crippen LogP contribution in [0.4, 0.5) is 0 Å². The Morgan fingerprint density at radius 3 is 1.83 bits per heavy atom. The van der Waals surface area contributed by atoms with E-state index in [1.807, 2.05) is 42.5 Å². The summed E-state index contributed by atoms with van der Waals surface area (Å²) in [6, 6.07) is 13.6. The third-order valence-corrected chi connectivity index (χ3v) is 3.53. The van der Waals surface area contributed by atoms with Gasteiger partial charge in [0.25, 0.3) is 0 Å². The van der Waals surface area contributed by atoms with Gasteiger partial charge < -0.3 is 14.2 Å². The highest BCUT2D eigenvalue weighted by Crippen LogP contribution is 2.42. The molecule has 1 N–H and O–H groups in total. The molecule has 0 aliphatic carbocycles. The van der Waals surface area contributed by atoms with Crippen LogP contribution in [-0.4, -0.2) is 36.7 Å². The van der Waals surface area contributed by atoms with E-state index in [2.05, 4.69) is 15.4 Å². The molecule has 23 heavy (non-hydrogen) atoms. The fourth-order valence-electron chi connectivity index (χ4n) is 2.45. The number of hydrogen-bond acceptors (Lipinski definition) is 5. The Morgan fingerprint density at radius 2 is 1.30 bits per heavy atom. The SMILES string of the molecule is COc1cc(-c2n[nH]nc2-c2ccccc2)cc(OC)c1OC. The average molecular weight is 311 g/mol. The predicted octanol–water partition coefficient (Wildman–Crippen LogP) is 3.16. The molecule has 1 aromatic heterocycles. The number of H-pyrrole nitrogens is 1. The van der Waals surface area contributed by atoms with E-state index < -0.39 is 0 Å². The van der Waals surface area contributed by atoms with E-state index in [1.54, 1.807) is 21.3 Å². The summed E-state index contributed by atoms with van der Waals surface area (Å²) < 4.78 is 16.2. The second-order valence-electron chi connectivity index (χ2n) is 4.80. The van der Waals surface area contributed by atoms with Crippen LogP contribution in [0.25, 0.3) is 22.5 Å². The molecule has 0 aliphatic rings. The van der Waals surface area contributed by atoms with Crippen molar-refractivity contribution >= 4 is 0 Å². The largest absolute Gasteiger partial charge is 0.493 e. The van der Waals surface area contributed by atoms with Crippen LogP contribution in [0.5, 0.6) is 17.2 Å². The highest BCUT2D eigenvalue weighted by atomic mass is 16.5. The van der Waals surface area contributed by atoms with Crippen molar-refractivity contribution in [2.75, 3.05) is 21.3 Å². The van der Waals surface area contributed by atoms with Crippen molar-refractivity contribution in [3.8, 4) is 39.8 Å². The number of hydrogen-bond donors (Lipinski definition) is 1. The van der Waals surface area contributed by atoms with Gasteiger partial charge in [0.1, 0.15) is 11.4 Å². The molecule has 0 atom stereocenters. The molecule has 6 nitrogen and oxygen atoms in total. The van der Waals surface area contributed by atoms with Crippen molar-refractivity contribution in [3.05, 3.63) is 42.5 Å². The van der Waals surface area contributed by atoms with Crippen LogP contribution in [0, 0.1) is 0 Å². The second kappa shape index (κ2) is 6.39. The first kappa shape index (κ1) is 14.9. The van der Waals surface area contributed by atoms with Gasteiger partial charge in [-0.2, -0.15) is 15.4 Å². The molecule has 0 spiro atoms. The standard InChI is InChI=1S/C17H17N3O3/c1-21-13-9-12(10-14(22-2)17(13)23-3)16-15(18-20-19-16)11-7-5-4-6-8-11/h4-10H,1-3H3,(H,18,19,20). The molecule has 0 unspecified atom stereocenters. The third kappa shape index (κ3) is 2.70. The van der Waals surface area contributed by atoms with E-state index in [9.17, 15) is 0 Å². The molecule has 3 rings (SSSR count). The Bertz CT molecular complexity index is 775. The number of ether oxygens (including phenoxy) is 3. The minimum Gasteiger partial charge on any atom is -0.493 e. The molecule has 0 amide bonds. The summed E-state index contributed by atoms with van der Waals surface area (Å²) in [4.78, 5) is 0. The van der Waals surface area contributed by atoms with Crippen molar-refractivity contribution in [1.29, 1.82) is 0 Å². The minimum absolute atomic E-state index is 0.545. The van der Waals surface area contributed by atoms with Crippen molar-refractivity contribution < 1.29 is 14.2 Å². The Labute approximate surface area is 134 Å². The van der Waals surface area contributed by atoms with Crippen LogP contribution < -0.4 is 14.2 Å². The van der Waals surface area contributed by atoms with Gasteiger partial charge in [0.15, 0.2) is 11.5 Å². The zero-order valence-electron chi connectivity index (χ0n) is 13.2. The Hall–Kier alpha value is -3.02. The fraction of sp³-hybridized carbons (Fsp3) is 0.176. The molecule has 0 fully saturated rings. The summed E-state index contributed by atoms with van der Waals surface area (Å²) in [5.41, 5.74) is 3.28. The van der Waals surface area contributed by atoms with E-state index in [0.717, 1.165) is 22.5 Å². The van der Waals surface area contributed by atoms with E-state index >= 15 is 0 Å². The van der Waals surface area contributed by atoms with Crippen molar-refractivity contribution in [1.82, 2.24) is 15.4 Å². The average Bonchev–Trinajstić information content (AvgIpc) is 3.10. The quantitative estimate of drug-likeness (QED) is 0.784. The van der Waals surface area contributed by atoms with Crippen LogP contribution >= 0.6 is 0 Å². The van der Waals surface area contributed by atoms with Crippen LogP contribution in [-0.2, 0) is 0 Å². The van der Waals surface area contributed by atoms with Crippen LogP contribution in [0.1, 0.15) is 0 Å². The molecule has 6 heteroatoms. The second-order valence-corrected chi connectivity index (χ2v) is 4.80. The van der Waals surface area contributed by atoms with E-state index in [-0.39, 0.29) is 0 Å². The summed E-state index contributed by atoms with van der Waals surface area (Å²) in [6.45, 7) is 0. The highest BCUT2D eigenvalue weighted by molar-refractivity contribution is 5.80. The Balaban J connectivity index is 2.15. The maximum absolute atomic E-state index is 5.40. The molecule has 0 radical (unpaired) electrons. The molecule has 2 aromatic carbocycles. The Morgan fingerprint density at radius 1 is 0.739 bits per heavy atom. The van der Waals surface area contributed by atoms with E-state index in [4.69, 9.17) is 14.2 Å². The number of rotatable bonds is 5. The normalized spacial score (nSPS) is 10.4. The van der Waals surface area contributed by atoms with Crippen molar-refractivity contribution in [2.24, 2.45) is 0 Å². The number of aromatic nitrogens is 3. The van der Waals surface area contributed by atoms with Gasteiger partial charge in [0.05, 0.1) is 21.3 Å². The molecule has 118 valence electrons. The van der Waals surface area contributed by atoms with Gasteiger partial charge in [-0.15, -0.1) is 0 Å². The van der Waals surface area contributed by atoms with Crippen molar-refractivity contribution in [2.45, 2.75) is 0 Å². The number of nitrogens with one attached hydrogen (secondary N) is 1. The molecule has 3 aromatic rings. The van der Waals surface area contributed by atoms with Gasteiger partial charge in [-0.3, -0.25) is 0 Å². The van der Waals surface area contributed by atoms with Crippen molar-refractivity contribution in [3.63, 3.8) is 0 Å². The van der Waals surface area contributed by atoms with Gasteiger partial charge in [-0.25, -0.2) is 0 Å². The van der Waals surface area contributed by atoms with Crippen LogP contribution in [0.2, 0.25) is 0 Å². The lowest BCUT2D eigenvalue weighted by Gasteiger charge is -2.13.